The molecule has 1 aliphatic rings. The third-order valence-electron chi connectivity index (χ3n) is 2.85. The Morgan fingerprint density at radius 3 is 2.65 bits per heavy atom. The van der Waals surface area contributed by atoms with Gasteiger partial charge in [0.1, 0.15) is 11.6 Å². The average molecular weight is 245 g/mol. The van der Waals surface area contributed by atoms with Crippen LogP contribution in [0.2, 0.25) is 0 Å². The predicted octanol–water partition coefficient (Wildman–Crippen LogP) is 2.50. The van der Waals surface area contributed by atoms with Crippen LogP contribution in [-0.2, 0) is 19.3 Å². The molecule has 0 saturated carbocycles. The van der Waals surface area contributed by atoms with Crippen molar-refractivity contribution in [2.45, 2.75) is 38.3 Å². The van der Waals surface area contributed by atoms with Crippen LogP contribution in [-0.4, -0.2) is 23.2 Å². The molecule has 0 radical (unpaired) electrons. The van der Waals surface area contributed by atoms with E-state index in [1.165, 1.54) is 0 Å². The number of halogens is 3. The Labute approximate surface area is 97.5 Å². The van der Waals surface area contributed by atoms with Gasteiger partial charge in [0.05, 0.1) is 6.42 Å². The summed E-state index contributed by atoms with van der Waals surface area (Å²) in [6.45, 7) is 0. The van der Waals surface area contributed by atoms with Crippen LogP contribution in [0.4, 0.5) is 19.0 Å². The predicted molar refractivity (Wildman–Crippen MR) is 58.0 cm³/mol. The summed E-state index contributed by atoms with van der Waals surface area (Å²) in [4.78, 5) is 8.36. The summed E-state index contributed by atoms with van der Waals surface area (Å²) in [5.74, 6) is 0.969. The highest BCUT2D eigenvalue weighted by Crippen LogP contribution is 2.27. The van der Waals surface area contributed by atoms with Gasteiger partial charge in [0, 0.05) is 24.7 Å². The molecule has 1 N–H and O–H groups in total. The van der Waals surface area contributed by atoms with E-state index in [1.807, 2.05) is 0 Å². The van der Waals surface area contributed by atoms with Crippen molar-refractivity contribution in [3.8, 4) is 0 Å². The molecule has 94 valence electrons. The number of aryl methyl sites for hydroxylation is 2. The van der Waals surface area contributed by atoms with Gasteiger partial charge in [0.15, 0.2) is 0 Å². The van der Waals surface area contributed by atoms with E-state index in [0.717, 1.165) is 30.5 Å². The molecule has 3 nitrogen and oxygen atoms in total. The van der Waals surface area contributed by atoms with Crippen LogP contribution in [0.25, 0.3) is 0 Å². The second-order valence-electron chi connectivity index (χ2n) is 4.13. The van der Waals surface area contributed by atoms with Gasteiger partial charge in [-0.2, -0.15) is 13.2 Å². The van der Waals surface area contributed by atoms with Crippen molar-refractivity contribution in [1.82, 2.24) is 9.97 Å². The molecule has 0 fully saturated rings. The van der Waals surface area contributed by atoms with Crippen molar-refractivity contribution in [3.63, 3.8) is 0 Å². The number of rotatable bonds is 3. The molecule has 1 aliphatic carbocycles. The van der Waals surface area contributed by atoms with Crippen LogP contribution in [0.3, 0.4) is 0 Å². The minimum Gasteiger partial charge on any atom is -0.373 e. The fourth-order valence-electron chi connectivity index (χ4n) is 2.06. The summed E-state index contributed by atoms with van der Waals surface area (Å²) in [6, 6.07) is 0. The standard InChI is InChI=1S/C11H14F3N3/c1-15-10-7-3-2-4-8(7)16-9(17-10)5-6-11(12,13)14/h2-6H2,1H3,(H,15,16,17). The Balaban J connectivity index is 2.19. The molecule has 0 saturated heterocycles. The third-order valence-corrected chi connectivity index (χ3v) is 2.85. The van der Waals surface area contributed by atoms with Gasteiger partial charge in [-0.1, -0.05) is 0 Å². The number of hydrogen-bond acceptors (Lipinski definition) is 3. The number of anilines is 1. The molecule has 0 aromatic carbocycles. The maximum atomic E-state index is 12.1. The molecular formula is C11H14F3N3. The van der Waals surface area contributed by atoms with E-state index in [1.54, 1.807) is 7.05 Å². The van der Waals surface area contributed by atoms with Crippen LogP contribution >= 0.6 is 0 Å². The molecule has 0 bridgehead atoms. The third kappa shape index (κ3) is 2.87. The van der Waals surface area contributed by atoms with Gasteiger partial charge in [-0.05, 0) is 19.3 Å². The number of aromatic nitrogens is 2. The first-order valence-corrected chi connectivity index (χ1v) is 5.63. The van der Waals surface area contributed by atoms with Gasteiger partial charge in [-0.25, -0.2) is 9.97 Å². The van der Waals surface area contributed by atoms with E-state index >= 15 is 0 Å². The number of hydrogen-bond donors (Lipinski definition) is 1. The Morgan fingerprint density at radius 2 is 2.00 bits per heavy atom. The quantitative estimate of drug-likeness (QED) is 0.889. The number of nitrogens with one attached hydrogen (secondary N) is 1. The van der Waals surface area contributed by atoms with Gasteiger partial charge in [-0.3, -0.25) is 0 Å². The summed E-state index contributed by atoms with van der Waals surface area (Å²) in [5.41, 5.74) is 1.96. The molecule has 0 aliphatic heterocycles. The average Bonchev–Trinajstić information content (AvgIpc) is 2.72. The van der Waals surface area contributed by atoms with Gasteiger partial charge in [0.2, 0.25) is 0 Å². The Bertz CT molecular complexity index is 415. The second kappa shape index (κ2) is 4.50. The van der Waals surface area contributed by atoms with Gasteiger partial charge in [-0.15, -0.1) is 0 Å². The van der Waals surface area contributed by atoms with Gasteiger partial charge >= 0.3 is 6.18 Å². The topological polar surface area (TPSA) is 37.8 Å². The molecule has 1 aromatic rings. The monoisotopic (exact) mass is 245 g/mol. The van der Waals surface area contributed by atoms with Gasteiger partial charge in [0.25, 0.3) is 0 Å². The first kappa shape index (κ1) is 12.1. The van der Waals surface area contributed by atoms with Crippen molar-refractivity contribution < 1.29 is 13.2 Å². The van der Waals surface area contributed by atoms with Gasteiger partial charge < -0.3 is 5.32 Å². The van der Waals surface area contributed by atoms with Crippen LogP contribution < -0.4 is 5.32 Å². The summed E-state index contributed by atoms with van der Waals surface area (Å²) in [5, 5.41) is 2.93. The maximum absolute atomic E-state index is 12.1. The lowest BCUT2D eigenvalue weighted by Crippen LogP contribution is -2.12. The van der Waals surface area contributed by atoms with Crippen LogP contribution in [0, 0.1) is 0 Å². The summed E-state index contributed by atoms with van der Waals surface area (Å²) >= 11 is 0. The van der Waals surface area contributed by atoms with Crippen molar-refractivity contribution >= 4 is 5.82 Å². The molecule has 0 amide bonds. The molecule has 0 atom stereocenters. The maximum Gasteiger partial charge on any atom is 0.389 e. The number of alkyl halides is 3. The minimum absolute atomic E-state index is 0.147. The Kier molecular flexibility index (Phi) is 3.22. The van der Waals surface area contributed by atoms with Crippen LogP contribution in [0.15, 0.2) is 0 Å². The minimum atomic E-state index is -4.15. The number of nitrogens with zero attached hydrogens (tertiary/aromatic N) is 2. The highest BCUT2D eigenvalue weighted by molar-refractivity contribution is 5.48. The van der Waals surface area contributed by atoms with Crippen molar-refractivity contribution in [1.29, 1.82) is 0 Å². The highest BCUT2D eigenvalue weighted by Gasteiger charge is 2.28. The first-order valence-electron chi connectivity index (χ1n) is 5.63. The van der Waals surface area contributed by atoms with E-state index in [0.29, 0.717) is 5.82 Å². The fraction of sp³-hybridized carbons (Fsp3) is 0.636. The number of fused-ring (bicyclic) bond motifs is 1. The normalized spacial score (nSPS) is 14.8. The SMILES string of the molecule is CNc1nc(CCC(F)(F)F)nc2c1CCC2. The molecule has 1 heterocycles. The molecule has 6 heteroatoms. The van der Waals surface area contributed by atoms with Crippen LogP contribution in [0.1, 0.15) is 29.9 Å². The second-order valence-corrected chi connectivity index (χ2v) is 4.13. The van der Waals surface area contributed by atoms with Crippen molar-refractivity contribution in [2.75, 3.05) is 12.4 Å². The molecule has 0 unspecified atom stereocenters. The van der Waals surface area contributed by atoms with Crippen molar-refractivity contribution in [3.05, 3.63) is 17.1 Å². The lowest BCUT2D eigenvalue weighted by atomic mass is 10.2. The fourth-order valence-corrected chi connectivity index (χ4v) is 2.06. The van der Waals surface area contributed by atoms with E-state index in [-0.39, 0.29) is 12.2 Å². The molecule has 0 spiro atoms. The first-order chi connectivity index (χ1) is 7.99. The van der Waals surface area contributed by atoms with E-state index in [2.05, 4.69) is 15.3 Å². The Morgan fingerprint density at radius 1 is 1.24 bits per heavy atom. The molecule has 2 rings (SSSR count). The van der Waals surface area contributed by atoms with E-state index in [4.69, 9.17) is 0 Å². The lowest BCUT2D eigenvalue weighted by Gasteiger charge is -2.10. The zero-order valence-corrected chi connectivity index (χ0v) is 9.56. The molecular weight excluding hydrogens is 231 g/mol. The molecule has 1 aromatic heterocycles. The van der Waals surface area contributed by atoms with Crippen LogP contribution in [0.5, 0.6) is 0 Å². The summed E-state index contributed by atoms with van der Waals surface area (Å²) < 4.78 is 36.4. The zero-order chi connectivity index (χ0) is 12.5. The van der Waals surface area contributed by atoms with E-state index in [9.17, 15) is 13.2 Å². The Hall–Kier alpha value is -1.33. The largest absolute Gasteiger partial charge is 0.389 e. The van der Waals surface area contributed by atoms with E-state index < -0.39 is 12.6 Å². The zero-order valence-electron chi connectivity index (χ0n) is 9.56. The van der Waals surface area contributed by atoms with Crippen molar-refractivity contribution in [2.24, 2.45) is 0 Å². The molecule has 17 heavy (non-hydrogen) atoms. The summed E-state index contributed by atoms with van der Waals surface area (Å²) in [7, 11) is 1.73. The lowest BCUT2D eigenvalue weighted by molar-refractivity contribution is -0.134. The highest BCUT2D eigenvalue weighted by atomic mass is 19.4. The smallest absolute Gasteiger partial charge is 0.373 e. The summed E-state index contributed by atoms with van der Waals surface area (Å²) in [6.07, 6.45) is -2.42.